The van der Waals surface area contributed by atoms with Crippen LogP contribution in [0.25, 0.3) is 10.9 Å². The van der Waals surface area contributed by atoms with Crippen molar-refractivity contribution in [2.45, 2.75) is 20.3 Å². The molecule has 15 heavy (non-hydrogen) atoms. The van der Waals surface area contributed by atoms with Gasteiger partial charge in [0.25, 0.3) is 0 Å². The van der Waals surface area contributed by atoms with Crippen LogP contribution in [0, 0.1) is 5.92 Å². The summed E-state index contributed by atoms with van der Waals surface area (Å²) in [4.78, 5) is 4.67. The summed E-state index contributed by atoms with van der Waals surface area (Å²) in [7, 11) is 0. The lowest BCUT2D eigenvalue weighted by molar-refractivity contribution is 0.637. The van der Waals surface area contributed by atoms with E-state index in [1.807, 2.05) is 12.1 Å². The van der Waals surface area contributed by atoms with E-state index >= 15 is 0 Å². The van der Waals surface area contributed by atoms with Gasteiger partial charge in [-0.25, -0.2) is 0 Å². The molecule has 0 fully saturated rings. The molecule has 0 aliphatic rings. The minimum Gasteiger partial charge on any atom is -0.252 e. The van der Waals surface area contributed by atoms with Crippen molar-refractivity contribution in [3.05, 3.63) is 40.5 Å². The van der Waals surface area contributed by atoms with E-state index in [2.05, 4.69) is 53.0 Å². The Balaban J connectivity index is 2.50. The Kier molecular flexibility index (Phi) is 3.06. The van der Waals surface area contributed by atoms with Crippen LogP contribution < -0.4 is 0 Å². The molecule has 2 heteroatoms. The molecule has 78 valence electrons. The van der Waals surface area contributed by atoms with Gasteiger partial charge in [0.05, 0.1) is 5.52 Å². The van der Waals surface area contributed by atoms with Crippen molar-refractivity contribution in [1.29, 1.82) is 0 Å². The van der Waals surface area contributed by atoms with E-state index in [0.29, 0.717) is 5.92 Å². The SMILES string of the molecule is CC(C)Cc1ccc2cccc(Br)c2n1. The van der Waals surface area contributed by atoms with Crippen molar-refractivity contribution in [1.82, 2.24) is 4.98 Å². The predicted octanol–water partition coefficient (Wildman–Crippen LogP) is 4.20. The molecule has 0 saturated carbocycles. The first kappa shape index (κ1) is 10.6. The summed E-state index contributed by atoms with van der Waals surface area (Å²) >= 11 is 3.53. The van der Waals surface area contributed by atoms with Gasteiger partial charge >= 0.3 is 0 Å². The molecular formula is C13H14BrN. The fourth-order valence-corrected chi connectivity index (χ4v) is 2.15. The van der Waals surface area contributed by atoms with Crippen LogP contribution in [-0.4, -0.2) is 4.98 Å². The maximum atomic E-state index is 4.67. The molecular weight excluding hydrogens is 250 g/mol. The molecule has 1 heterocycles. The van der Waals surface area contributed by atoms with Crippen LogP contribution in [0.3, 0.4) is 0 Å². The minimum absolute atomic E-state index is 0.650. The van der Waals surface area contributed by atoms with E-state index < -0.39 is 0 Å². The van der Waals surface area contributed by atoms with Crippen molar-refractivity contribution < 1.29 is 0 Å². The molecule has 1 aromatic carbocycles. The van der Waals surface area contributed by atoms with Crippen LogP contribution in [-0.2, 0) is 6.42 Å². The number of para-hydroxylation sites is 1. The Bertz CT molecular complexity index is 477. The van der Waals surface area contributed by atoms with E-state index in [1.54, 1.807) is 0 Å². The summed E-state index contributed by atoms with van der Waals surface area (Å²) in [6.45, 7) is 4.43. The standard InChI is InChI=1S/C13H14BrN/c1-9(2)8-11-7-6-10-4-3-5-12(14)13(10)15-11/h3-7,9H,8H2,1-2H3. The zero-order valence-electron chi connectivity index (χ0n) is 9.00. The van der Waals surface area contributed by atoms with Gasteiger partial charge < -0.3 is 0 Å². The molecule has 0 N–H and O–H groups in total. The monoisotopic (exact) mass is 263 g/mol. The number of benzene rings is 1. The minimum atomic E-state index is 0.650. The summed E-state index contributed by atoms with van der Waals surface area (Å²) in [6, 6.07) is 10.4. The highest BCUT2D eigenvalue weighted by Crippen LogP contribution is 2.22. The predicted molar refractivity (Wildman–Crippen MR) is 68.0 cm³/mol. The number of nitrogens with zero attached hydrogens (tertiary/aromatic N) is 1. The van der Waals surface area contributed by atoms with Gasteiger partial charge in [0.1, 0.15) is 0 Å². The quantitative estimate of drug-likeness (QED) is 0.792. The van der Waals surface area contributed by atoms with Crippen LogP contribution in [0.4, 0.5) is 0 Å². The molecule has 2 rings (SSSR count). The topological polar surface area (TPSA) is 12.9 Å². The van der Waals surface area contributed by atoms with Gasteiger partial charge in [0.2, 0.25) is 0 Å². The van der Waals surface area contributed by atoms with E-state index in [0.717, 1.165) is 16.4 Å². The number of pyridine rings is 1. The summed E-state index contributed by atoms with van der Waals surface area (Å²) in [6.07, 6.45) is 1.04. The normalized spacial score (nSPS) is 11.2. The summed E-state index contributed by atoms with van der Waals surface area (Å²) in [5, 5.41) is 1.19. The molecule has 0 aliphatic heterocycles. The molecule has 0 radical (unpaired) electrons. The fraction of sp³-hybridized carbons (Fsp3) is 0.308. The molecule has 2 aromatic rings. The second kappa shape index (κ2) is 4.31. The third-order valence-corrected chi connectivity index (χ3v) is 2.99. The lowest BCUT2D eigenvalue weighted by atomic mass is 10.1. The highest BCUT2D eigenvalue weighted by Gasteiger charge is 2.03. The average Bonchev–Trinajstić information content (AvgIpc) is 2.18. The second-order valence-corrected chi connectivity index (χ2v) is 5.07. The molecule has 1 aromatic heterocycles. The highest BCUT2D eigenvalue weighted by atomic mass is 79.9. The number of hydrogen-bond donors (Lipinski definition) is 0. The van der Waals surface area contributed by atoms with Crippen LogP contribution in [0.1, 0.15) is 19.5 Å². The maximum absolute atomic E-state index is 4.67. The van der Waals surface area contributed by atoms with Crippen LogP contribution >= 0.6 is 15.9 Å². The maximum Gasteiger partial charge on any atom is 0.0847 e. The van der Waals surface area contributed by atoms with Gasteiger partial charge in [0, 0.05) is 15.6 Å². The Morgan fingerprint density at radius 2 is 2.00 bits per heavy atom. The lowest BCUT2D eigenvalue weighted by Gasteiger charge is -2.06. The Hall–Kier alpha value is -0.890. The van der Waals surface area contributed by atoms with E-state index in [9.17, 15) is 0 Å². The van der Waals surface area contributed by atoms with E-state index in [4.69, 9.17) is 0 Å². The number of halogens is 1. The van der Waals surface area contributed by atoms with Gasteiger partial charge in [-0.2, -0.15) is 0 Å². The fourth-order valence-electron chi connectivity index (χ4n) is 1.68. The average molecular weight is 264 g/mol. The molecule has 0 aliphatic carbocycles. The molecule has 0 amide bonds. The molecule has 0 saturated heterocycles. The second-order valence-electron chi connectivity index (χ2n) is 4.21. The molecule has 0 unspecified atom stereocenters. The van der Waals surface area contributed by atoms with Crippen LogP contribution in [0.15, 0.2) is 34.8 Å². The molecule has 1 nitrogen and oxygen atoms in total. The summed E-state index contributed by atoms with van der Waals surface area (Å²) in [5.74, 6) is 0.650. The molecule has 0 spiro atoms. The van der Waals surface area contributed by atoms with Gasteiger partial charge in [-0.15, -0.1) is 0 Å². The van der Waals surface area contributed by atoms with Crippen molar-refractivity contribution in [3.8, 4) is 0 Å². The van der Waals surface area contributed by atoms with Crippen molar-refractivity contribution >= 4 is 26.8 Å². The van der Waals surface area contributed by atoms with Gasteiger partial charge in [-0.3, -0.25) is 4.98 Å². The van der Waals surface area contributed by atoms with Crippen LogP contribution in [0.2, 0.25) is 0 Å². The van der Waals surface area contributed by atoms with Crippen molar-refractivity contribution in [3.63, 3.8) is 0 Å². The smallest absolute Gasteiger partial charge is 0.0847 e. The van der Waals surface area contributed by atoms with Gasteiger partial charge in [-0.1, -0.05) is 32.0 Å². The number of hydrogen-bond acceptors (Lipinski definition) is 1. The van der Waals surface area contributed by atoms with Crippen LogP contribution in [0.5, 0.6) is 0 Å². The van der Waals surface area contributed by atoms with E-state index in [-0.39, 0.29) is 0 Å². The Labute approximate surface area is 98.7 Å². The number of rotatable bonds is 2. The molecule has 0 bridgehead atoms. The first-order valence-corrected chi connectivity index (χ1v) is 6.00. The zero-order chi connectivity index (χ0) is 10.8. The third-order valence-electron chi connectivity index (χ3n) is 2.35. The highest BCUT2D eigenvalue weighted by molar-refractivity contribution is 9.10. The van der Waals surface area contributed by atoms with Gasteiger partial charge in [-0.05, 0) is 40.4 Å². The van der Waals surface area contributed by atoms with Crippen molar-refractivity contribution in [2.75, 3.05) is 0 Å². The third kappa shape index (κ3) is 2.37. The van der Waals surface area contributed by atoms with Gasteiger partial charge in [0.15, 0.2) is 0 Å². The Morgan fingerprint density at radius 3 is 2.73 bits per heavy atom. The largest absolute Gasteiger partial charge is 0.252 e. The first-order valence-electron chi connectivity index (χ1n) is 5.21. The van der Waals surface area contributed by atoms with Crippen molar-refractivity contribution in [2.24, 2.45) is 5.92 Å². The zero-order valence-corrected chi connectivity index (χ0v) is 10.6. The first-order chi connectivity index (χ1) is 7.16. The summed E-state index contributed by atoms with van der Waals surface area (Å²) in [5.41, 5.74) is 2.24. The number of aromatic nitrogens is 1. The molecule has 0 atom stereocenters. The van der Waals surface area contributed by atoms with E-state index in [1.165, 1.54) is 11.1 Å². The lowest BCUT2D eigenvalue weighted by Crippen LogP contribution is -1.97. The number of fused-ring (bicyclic) bond motifs is 1. The Morgan fingerprint density at radius 1 is 1.20 bits per heavy atom. The summed E-state index contributed by atoms with van der Waals surface area (Å²) < 4.78 is 1.07.